The summed E-state index contributed by atoms with van der Waals surface area (Å²) < 4.78 is 10.4. The summed E-state index contributed by atoms with van der Waals surface area (Å²) in [6.07, 6.45) is 1.38. The van der Waals surface area contributed by atoms with Crippen LogP contribution in [0.1, 0.15) is 16.1 Å². The van der Waals surface area contributed by atoms with Crippen LogP contribution in [0, 0.1) is 10.1 Å². The molecular weight excluding hydrogens is 370 g/mol. The third-order valence-electron chi connectivity index (χ3n) is 3.56. The number of benzene rings is 2. The molecule has 0 spiro atoms. The molecule has 0 unspecified atom stereocenters. The number of hydrogen-bond acceptors (Lipinski definition) is 7. The minimum absolute atomic E-state index is 0.0370. The summed E-state index contributed by atoms with van der Waals surface area (Å²) >= 11 is 0. The number of nitrogens with one attached hydrogen (secondary N) is 1. The molecular formula is C18H13N3O7. The van der Waals surface area contributed by atoms with Crippen LogP contribution in [0.2, 0.25) is 0 Å². The topological polar surface area (TPSA) is 144 Å². The molecule has 1 amide bonds. The number of aliphatic carboxylic acids is 1. The third-order valence-corrected chi connectivity index (χ3v) is 3.56. The van der Waals surface area contributed by atoms with Gasteiger partial charge in [0.1, 0.15) is 11.3 Å². The van der Waals surface area contributed by atoms with E-state index >= 15 is 0 Å². The molecule has 10 nitrogen and oxygen atoms in total. The quantitative estimate of drug-likeness (QED) is 0.362. The second-order valence-corrected chi connectivity index (χ2v) is 5.54. The van der Waals surface area contributed by atoms with Crippen molar-refractivity contribution < 1.29 is 28.8 Å². The molecule has 0 saturated carbocycles. The maximum atomic E-state index is 12.1. The zero-order valence-corrected chi connectivity index (χ0v) is 14.2. The Labute approximate surface area is 157 Å². The van der Waals surface area contributed by atoms with Crippen molar-refractivity contribution in [2.75, 3.05) is 6.61 Å². The number of rotatable bonds is 7. The van der Waals surface area contributed by atoms with Crippen LogP contribution in [0.15, 0.2) is 58.0 Å². The molecule has 0 aliphatic carbocycles. The van der Waals surface area contributed by atoms with Gasteiger partial charge in [0.2, 0.25) is 0 Å². The fourth-order valence-electron chi connectivity index (χ4n) is 2.27. The zero-order valence-electron chi connectivity index (χ0n) is 14.2. The lowest BCUT2D eigenvalue weighted by atomic mass is 10.2. The molecule has 0 aliphatic rings. The van der Waals surface area contributed by atoms with Crippen LogP contribution >= 0.6 is 0 Å². The number of nitrogens with zero attached hydrogens (tertiary/aromatic N) is 2. The lowest BCUT2D eigenvalue weighted by Gasteiger charge is -2.02. The molecule has 0 saturated heterocycles. The molecule has 2 N–H and O–H groups in total. The molecule has 0 radical (unpaired) electrons. The summed E-state index contributed by atoms with van der Waals surface area (Å²) in [5.74, 6) is -1.34. The minimum Gasteiger partial charge on any atom is -0.482 e. The second-order valence-electron chi connectivity index (χ2n) is 5.54. The van der Waals surface area contributed by atoms with Gasteiger partial charge < -0.3 is 14.3 Å². The van der Waals surface area contributed by atoms with Crippen molar-refractivity contribution in [1.82, 2.24) is 5.43 Å². The molecule has 28 heavy (non-hydrogen) atoms. The van der Waals surface area contributed by atoms with E-state index in [1.807, 2.05) is 0 Å². The number of hydrazone groups is 1. The van der Waals surface area contributed by atoms with E-state index in [0.717, 1.165) is 0 Å². The van der Waals surface area contributed by atoms with E-state index in [1.54, 1.807) is 24.3 Å². The molecule has 2 aromatic carbocycles. The minimum atomic E-state index is -1.08. The van der Waals surface area contributed by atoms with E-state index in [-0.39, 0.29) is 11.4 Å². The first kappa shape index (κ1) is 18.6. The van der Waals surface area contributed by atoms with Crippen LogP contribution in [-0.4, -0.2) is 34.7 Å². The first-order valence-corrected chi connectivity index (χ1v) is 7.88. The number of carboxylic acids is 1. The highest BCUT2D eigenvalue weighted by molar-refractivity contribution is 5.97. The lowest BCUT2D eigenvalue weighted by Crippen LogP contribution is -2.16. The van der Waals surface area contributed by atoms with Crippen molar-refractivity contribution in [3.63, 3.8) is 0 Å². The fourth-order valence-corrected chi connectivity index (χ4v) is 2.27. The third kappa shape index (κ3) is 4.49. The van der Waals surface area contributed by atoms with Gasteiger partial charge in [0, 0.05) is 17.5 Å². The molecule has 0 fully saturated rings. The van der Waals surface area contributed by atoms with Crippen LogP contribution in [0.5, 0.6) is 5.75 Å². The van der Waals surface area contributed by atoms with Crippen molar-refractivity contribution in [3.8, 4) is 5.75 Å². The molecule has 1 heterocycles. The SMILES string of the molecule is O=C(O)COc1ccc(C=NNC(=O)c2cc3cc([N+](=O)[O-])ccc3o2)cc1. The molecule has 142 valence electrons. The average molecular weight is 383 g/mol. The smallest absolute Gasteiger partial charge is 0.341 e. The second kappa shape index (κ2) is 7.99. The Morgan fingerprint density at radius 1 is 1.21 bits per heavy atom. The molecule has 3 aromatic rings. The first-order valence-electron chi connectivity index (χ1n) is 7.88. The molecule has 0 aliphatic heterocycles. The summed E-state index contributed by atoms with van der Waals surface area (Å²) in [6, 6.07) is 11.8. The maximum absolute atomic E-state index is 12.1. The Balaban J connectivity index is 1.62. The Hall–Kier alpha value is -4.21. The monoisotopic (exact) mass is 383 g/mol. The van der Waals surface area contributed by atoms with Crippen LogP contribution in [-0.2, 0) is 4.79 Å². The van der Waals surface area contributed by atoms with Crippen molar-refractivity contribution >= 4 is 34.7 Å². The van der Waals surface area contributed by atoms with E-state index in [0.29, 0.717) is 22.3 Å². The highest BCUT2D eigenvalue weighted by Gasteiger charge is 2.14. The number of carboxylic acid groups (broad SMARTS) is 1. The molecule has 0 atom stereocenters. The van der Waals surface area contributed by atoms with Crippen molar-refractivity contribution in [3.05, 3.63) is 70.0 Å². The van der Waals surface area contributed by atoms with Gasteiger partial charge in [-0.25, -0.2) is 10.2 Å². The van der Waals surface area contributed by atoms with Gasteiger partial charge in [-0.1, -0.05) is 0 Å². The molecule has 10 heteroatoms. The van der Waals surface area contributed by atoms with Crippen LogP contribution in [0.25, 0.3) is 11.0 Å². The van der Waals surface area contributed by atoms with Gasteiger partial charge >= 0.3 is 11.9 Å². The Bertz CT molecular complexity index is 1070. The Kier molecular flexibility index (Phi) is 5.30. The van der Waals surface area contributed by atoms with Gasteiger partial charge in [0.05, 0.1) is 11.1 Å². The summed E-state index contributed by atoms with van der Waals surface area (Å²) in [5.41, 5.74) is 3.18. The summed E-state index contributed by atoms with van der Waals surface area (Å²) in [6.45, 7) is -0.440. The molecule has 0 bridgehead atoms. The van der Waals surface area contributed by atoms with Gasteiger partial charge in [0.25, 0.3) is 5.69 Å². The fraction of sp³-hybridized carbons (Fsp3) is 0.0556. The Morgan fingerprint density at radius 3 is 2.64 bits per heavy atom. The van der Waals surface area contributed by atoms with Crippen LogP contribution in [0.4, 0.5) is 5.69 Å². The van der Waals surface area contributed by atoms with Crippen molar-refractivity contribution in [2.45, 2.75) is 0 Å². The van der Waals surface area contributed by atoms with Crippen molar-refractivity contribution in [1.29, 1.82) is 0 Å². The number of non-ortho nitro benzene ring substituents is 1. The van der Waals surface area contributed by atoms with E-state index in [9.17, 15) is 19.7 Å². The standard InChI is InChI=1S/C18H13N3O7/c22-17(23)10-27-14-4-1-11(2-5-14)9-19-20-18(24)16-8-12-7-13(21(25)26)3-6-15(12)28-16/h1-9H,10H2,(H,20,24)(H,22,23). The van der Waals surface area contributed by atoms with E-state index in [4.69, 9.17) is 14.3 Å². The van der Waals surface area contributed by atoms with Gasteiger partial charge in [-0.05, 0) is 42.0 Å². The maximum Gasteiger partial charge on any atom is 0.341 e. The van der Waals surface area contributed by atoms with Gasteiger partial charge in [-0.3, -0.25) is 14.9 Å². The highest BCUT2D eigenvalue weighted by atomic mass is 16.6. The number of furan rings is 1. The predicted molar refractivity (Wildman–Crippen MR) is 97.5 cm³/mol. The number of hydrogen-bond donors (Lipinski definition) is 2. The number of fused-ring (bicyclic) bond motifs is 1. The number of nitro benzene ring substituents is 1. The average Bonchev–Trinajstić information content (AvgIpc) is 3.10. The zero-order chi connectivity index (χ0) is 20.1. The Morgan fingerprint density at radius 2 is 1.96 bits per heavy atom. The summed E-state index contributed by atoms with van der Waals surface area (Å²) in [5, 5.41) is 23.6. The number of amides is 1. The largest absolute Gasteiger partial charge is 0.482 e. The number of carbonyl (C=O) groups is 2. The van der Waals surface area contributed by atoms with Gasteiger partial charge in [-0.2, -0.15) is 5.10 Å². The highest BCUT2D eigenvalue weighted by Crippen LogP contribution is 2.24. The number of carbonyl (C=O) groups excluding carboxylic acids is 1. The first-order chi connectivity index (χ1) is 13.4. The van der Waals surface area contributed by atoms with E-state index in [1.165, 1.54) is 30.5 Å². The van der Waals surface area contributed by atoms with Gasteiger partial charge in [0.15, 0.2) is 12.4 Å². The molecule has 1 aromatic heterocycles. The summed E-state index contributed by atoms with van der Waals surface area (Å²) in [7, 11) is 0. The van der Waals surface area contributed by atoms with Crippen molar-refractivity contribution in [2.24, 2.45) is 5.10 Å². The number of nitro groups is 1. The van der Waals surface area contributed by atoms with E-state index in [2.05, 4.69) is 10.5 Å². The van der Waals surface area contributed by atoms with Crippen LogP contribution in [0.3, 0.4) is 0 Å². The van der Waals surface area contributed by atoms with Crippen LogP contribution < -0.4 is 10.2 Å². The normalized spacial score (nSPS) is 10.9. The predicted octanol–water partition coefficient (Wildman–Crippen LogP) is 2.57. The number of ether oxygens (including phenoxy) is 1. The van der Waals surface area contributed by atoms with Gasteiger partial charge in [-0.15, -0.1) is 0 Å². The molecule has 3 rings (SSSR count). The summed E-state index contributed by atoms with van der Waals surface area (Å²) in [4.78, 5) is 32.8. The lowest BCUT2D eigenvalue weighted by molar-refractivity contribution is -0.384. The van der Waals surface area contributed by atoms with E-state index < -0.39 is 23.4 Å².